The molecule has 262 valence electrons. The highest BCUT2D eigenvalue weighted by molar-refractivity contribution is 5.94. The highest BCUT2D eigenvalue weighted by atomic mass is 16.5. The molecule has 2 aromatic rings. The van der Waals surface area contributed by atoms with Crippen LogP contribution in [0.5, 0.6) is 23.0 Å². The molecule has 0 aromatic heterocycles. The molecule has 11 nitrogen and oxygen atoms in total. The maximum atomic E-state index is 12.6. The minimum absolute atomic E-state index is 0.00578. The van der Waals surface area contributed by atoms with E-state index in [4.69, 9.17) is 15.2 Å². The van der Waals surface area contributed by atoms with E-state index in [1.807, 2.05) is 19.2 Å². The zero-order chi connectivity index (χ0) is 34.7. The molecule has 4 rings (SSSR count). The molecule has 0 aliphatic heterocycles. The topological polar surface area (TPSA) is 176 Å². The molecule has 2 aliphatic carbocycles. The molecule has 2 aliphatic rings. The van der Waals surface area contributed by atoms with Gasteiger partial charge < -0.3 is 41.2 Å². The third-order valence-corrected chi connectivity index (χ3v) is 9.88. The number of carbonyl (C=O) groups is 2. The van der Waals surface area contributed by atoms with E-state index >= 15 is 0 Å². The summed E-state index contributed by atoms with van der Waals surface area (Å²) in [5.74, 6) is 0.350. The summed E-state index contributed by atoms with van der Waals surface area (Å²) in [5, 5.41) is 37.5. The number of aryl methyl sites for hydroxylation is 2. The molecule has 2 aromatic carbocycles. The Morgan fingerprint density at radius 3 is 2.50 bits per heavy atom. The number of carbonyl (C=O) groups excluding carboxylic acids is 1. The zero-order valence-electron chi connectivity index (χ0n) is 28.5. The predicted molar refractivity (Wildman–Crippen MR) is 187 cm³/mol. The highest BCUT2D eigenvalue weighted by Crippen LogP contribution is 2.49. The SMILES string of the molecule is CN=C(N)Nc1cc(CC/C=C/C(=O)CCc2ccc(O)c(OC)c2)cc(O[C@@]2(CNC)CC[C@@H](CC3(C(=O)O)CCCCC3)C2)c1O. The maximum absolute atomic E-state index is 12.6. The number of nitrogens with two attached hydrogens (primary N) is 1. The molecule has 2 saturated carbocycles. The van der Waals surface area contributed by atoms with Gasteiger partial charge in [-0.05, 0) is 112 Å². The van der Waals surface area contributed by atoms with Crippen molar-refractivity contribution in [1.82, 2.24) is 5.32 Å². The second-order valence-corrected chi connectivity index (χ2v) is 13.4. The average molecular weight is 665 g/mol. The number of aromatic hydroxyl groups is 2. The second kappa shape index (κ2) is 16.7. The highest BCUT2D eigenvalue weighted by Gasteiger charge is 2.47. The summed E-state index contributed by atoms with van der Waals surface area (Å²) >= 11 is 0. The van der Waals surface area contributed by atoms with Crippen molar-refractivity contribution in [2.24, 2.45) is 22.1 Å². The van der Waals surface area contributed by atoms with E-state index in [-0.39, 0.29) is 29.2 Å². The van der Waals surface area contributed by atoms with Crippen molar-refractivity contribution in [3.63, 3.8) is 0 Å². The summed E-state index contributed by atoms with van der Waals surface area (Å²) in [4.78, 5) is 28.9. The van der Waals surface area contributed by atoms with Gasteiger partial charge in [0.1, 0.15) is 5.60 Å². The van der Waals surface area contributed by atoms with Crippen LogP contribution in [0.4, 0.5) is 5.69 Å². The third-order valence-electron chi connectivity index (χ3n) is 9.88. The second-order valence-electron chi connectivity index (χ2n) is 13.4. The van der Waals surface area contributed by atoms with Crippen LogP contribution in [0, 0.1) is 11.3 Å². The molecule has 0 bridgehead atoms. The van der Waals surface area contributed by atoms with E-state index in [2.05, 4.69) is 15.6 Å². The number of allylic oxidation sites excluding steroid dienone is 2. The first-order valence-electron chi connectivity index (χ1n) is 17.0. The van der Waals surface area contributed by atoms with Crippen molar-refractivity contribution < 1.29 is 34.4 Å². The summed E-state index contributed by atoms with van der Waals surface area (Å²) in [5.41, 5.74) is 6.84. The van der Waals surface area contributed by atoms with Gasteiger partial charge in [0.05, 0.1) is 18.2 Å². The van der Waals surface area contributed by atoms with Crippen LogP contribution in [0.15, 0.2) is 47.5 Å². The van der Waals surface area contributed by atoms with Crippen LogP contribution in [0.1, 0.15) is 81.8 Å². The molecule has 0 spiro atoms. The summed E-state index contributed by atoms with van der Waals surface area (Å²) < 4.78 is 11.9. The lowest BCUT2D eigenvalue weighted by molar-refractivity contribution is -0.152. The lowest BCUT2D eigenvalue weighted by Gasteiger charge is -2.36. The molecule has 0 amide bonds. The first kappa shape index (κ1) is 36.6. The predicted octanol–water partition coefficient (Wildman–Crippen LogP) is 5.72. The summed E-state index contributed by atoms with van der Waals surface area (Å²) in [6.45, 7) is 0.552. The number of hydrogen-bond donors (Lipinski definition) is 6. The van der Waals surface area contributed by atoms with E-state index in [0.717, 1.165) is 56.1 Å². The van der Waals surface area contributed by atoms with Crippen molar-refractivity contribution in [2.45, 2.75) is 89.1 Å². The van der Waals surface area contributed by atoms with E-state index in [0.29, 0.717) is 62.3 Å². The van der Waals surface area contributed by atoms with Gasteiger partial charge in [-0.25, -0.2) is 0 Å². The van der Waals surface area contributed by atoms with Gasteiger partial charge in [0, 0.05) is 20.0 Å². The number of benzene rings is 2. The number of rotatable bonds is 16. The van der Waals surface area contributed by atoms with Crippen molar-refractivity contribution >= 4 is 23.4 Å². The molecule has 48 heavy (non-hydrogen) atoms. The number of likely N-dealkylation sites (N-methyl/N-ethyl adjacent to an activating group) is 1. The first-order valence-corrected chi connectivity index (χ1v) is 17.0. The Hall–Kier alpha value is -4.25. The largest absolute Gasteiger partial charge is 0.504 e. The van der Waals surface area contributed by atoms with Gasteiger partial charge in [0.25, 0.3) is 0 Å². The number of phenols is 2. The van der Waals surface area contributed by atoms with Gasteiger partial charge in [-0.2, -0.15) is 0 Å². The third kappa shape index (κ3) is 9.43. The number of guanidine groups is 1. The Labute approximate surface area is 283 Å². The molecule has 0 unspecified atom stereocenters. The van der Waals surface area contributed by atoms with Crippen LogP contribution in [0.2, 0.25) is 0 Å². The Balaban J connectivity index is 1.45. The summed E-state index contributed by atoms with van der Waals surface area (Å²) in [7, 11) is 4.91. The minimum atomic E-state index is -0.681. The lowest BCUT2D eigenvalue weighted by Crippen LogP contribution is -2.43. The van der Waals surface area contributed by atoms with Gasteiger partial charge in [0.2, 0.25) is 0 Å². The Morgan fingerprint density at radius 2 is 1.81 bits per heavy atom. The number of phenolic OH excluding ortho intramolecular Hbond substituents is 2. The molecular formula is C37H52N4O7. The average Bonchev–Trinajstić information content (AvgIpc) is 3.46. The number of aliphatic carboxylic acids is 1. The summed E-state index contributed by atoms with van der Waals surface area (Å²) in [6.07, 6.45) is 12.8. The van der Waals surface area contributed by atoms with Crippen LogP contribution in [-0.4, -0.2) is 66.4 Å². The van der Waals surface area contributed by atoms with Crippen molar-refractivity contribution in [1.29, 1.82) is 0 Å². The van der Waals surface area contributed by atoms with Crippen LogP contribution in [-0.2, 0) is 22.4 Å². The van der Waals surface area contributed by atoms with Gasteiger partial charge in [-0.15, -0.1) is 0 Å². The molecule has 2 fully saturated rings. The van der Waals surface area contributed by atoms with E-state index in [1.54, 1.807) is 37.4 Å². The van der Waals surface area contributed by atoms with Crippen LogP contribution < -0.4 is 25.8 Å². The molecule has 0 saturated heterocycles. The van der Waals surface area contributed by atoms with E-state index in [1.165, 1.54) is 7.11 Å². The van der Waals surface area contributed by atoms with Gasteiger partial charge in [-0.3, -0.25) is 14.6 Å². The van der Waals surface area contributed by atoms with Crippen LogP contribution in [0.3, 0.4) is 0 Å². The quantitative estimate of drug-likeness (QED) is 0.0564. The van der Waals surface area contributed by atoms with E-state index in [9.17, 15) is 24.9 Å². The van der Waals surface area contributed by atoms with Crippen molar-refractivity contribution in [2.75, 3.05) is 33.1 Å². The van der Waals surface area contributed by atoms with Gasteiger partial charge in [-0.1, -0.05) is 31.4 Å². The lowest BCUT2D eigenvalue weighted by atomic mass is 9.68. The number of aliphatic imine (C=N–C) groups is 1. The molecule has 0 radical (unpaired) electrons. The number of methoxy groups -OCH3 is 1. The normalized spacial score (nSPS) is 20.9. The monoisotopic (exact) mass is 664 g/mol. The number of anilines is 1. The van der Waals surface area contributed by atoms with Gasteiger partial charge in [0.15, 0.2) is 34.7 Å². The number of carboxylic acids is 1. The fraction of sp³-hybridized carbons (Fsp3) is 0.541. The fourth-order valence-corrected chi connectivity index (χ4v) is 7.37. The first-order chi connectivity index (χ1) is 23.0. The van der Waals surface area contributed by atoms with Crippen LogP contribution >= 0.6 is 0 Å². The van der Waals surface area contributed by atoms with Crippen LogP contribution in [0.25, 0.3) is 0 Å². The smallest absolute Gasteiger partial charge is 0.309 e. The van der Waals surface area contributed by atoms with E-state index < -0.39 is 17.0 Å². The maximum Gasteiger partial charge on any atom is 0.309 e. The number of hydrogen-bond acceptors (Lipinski definition) is 8. The minimum Gasteiger partial charge on any atom is -0.504 e. The Morgan fingerprint density at radius 1 is 1.06 bits per heavy atom. The molecular weight excluding hydrogens is 612 g/mol. The Bertz CT molecular complexity index is 1480. The van der Waals surface area contributed by atoms with Crippen molar-refractivity contribution in [3.05, 3.63) is 53.6 Å². The molecule has 2 atom stereocenters. The number of ketones is 1. The Kier molecular flexibility index (Phi) is 12.7. The number of ether oxygens (including phenoxy) is 2. The molecule has 11 heteroatoms. The number of nitrogens with zero attached hydrogens (tertiary/aromatic N) is 1. The summed E-state index contributed by atoms with van der Waals surface area (Å²) in [6, 6.07) is 8.70. The standard InChI is InChI=1S/C37H52N4O7/c1-39-24-37(18-15-27(23-37)22-36(34(45)46)16-7-4-8-17-36)48-32-21-26(19-29(33(32)44)41-35(38)40-2)9-5-6-10-28(42)13-11-25-12-14-30(43)31(20-25)47-3/h6,10,12,14,19-21,27,39,43-44H,4-5,7-9,11,13,15-18,22-24H2,1-3H3,(H,45,46)(H3,38,40,41)/b10-6+/t27-,37-/m0/s1. The van der Waals surface area contributed by atoms with Gasteiger partial charge >= 0.3 is 5.97 Å². The molecule has 7 N–H and O–H groups in total. The number of carboxylic acid groups (broad SMARTS) is 1. The van der Waals surface area contributed by atoms with Crippen molar-refractivity contribution in [3.8, 4) is 23.0 Å². The molecule has 0 heterocycles. The number of nitrogens with one attached hydrogen (secondary N) is 2. The fourth-order valence-electron chi connectivity index (χ4n) is 7.37. The zero-order valence-corrected chi connectivity index (χ0v) is 28.5.